The van der Waals surface area contributed by atoms with Crippen LogP contribution in [0.2, 0.25) is 5.02 Å². The fourth-order valence-electron chi connectivity index (χ4n) is 3.65. The van der Waals surface area contributed by atoms with E-state index in [2.05, 4.69) is 5.32 Å². The number of halogens is 1. The number of nitrogens with zero attached hydrogens (tertiary/aromatic N) is 1. The van der Waals surface area contributed by atoms with Gasteiger partial charge in [0.2, 0.25) is 0 Å². The molecule has 120 valence electrons. The molecule has 2 fully saturated rings. The Morgan fingerprint density at radius 2 is 1.91 bits per heavy atom. The molecule has 0 unspecified atom stereocenters. The lowest BCUT2D eigenvalue weighted by molar-refractivity contribution is 0.0493. The van der Waals surface area contributed by atoms with E-state index in [4.69, 9.17) is 16.3 Å². The number of carbonyl (C=O) groups is 1. The molecule has 1 aromatic rings. The molecule has 2 heterocycles. The molecule has 1 N–H and O–H groups in total. The number of hydrogen-bond donors (Lipinski definition) is 1. The van der Waals surface area contributed by atoms with E-state index < -0.39 is 0 Å². The molecular formula is C17H23ClN2O2. The average Bonchev–Trinajstić information content (AvgIpc) is 2.55. The summed E-state index contributed by atoms with van der Waals surface area (Å²) in [5.41, 5.74) is 1.06. The van der Waals surface area contributed by atoms with Crippen LogP contribution in [0, 0.1) is 5.41 Å². The van der Waals surface area contributed by atoms with Crippen molar-refractivity contribution in [2.24, 2.45) is 5.41 Å². The number of piperidine rings is 2. The van der Waals surface area contributed by atoms with E-state index in [1.165, 1.54) is 12.8 Å². The first-order chi connectivity index (χ1) is 10.6. The predicted molar refractivity (Wildman–Crippen MR) is 87.7 cm³/mol. The highest BCUT2D eigenvalue weighted by molar-refractivity contribution is 6.30. The van der Waals surface area contributed by atoms with Crippen LogP contribution in [0.5, 0.6) is 5.75 Å². The zero-order valence-electron chi connectivity index (χ0n) is 13.0. The molecule has 0 aliphatic carbocycles. The van der Waals surface area contributed by atoms with Crippen LogP contribution < -0.4 is 10.1 Å². The molecule has 2 aliphatic rings. The van der Waals surface area contributed by atoms with Crippen molar-refractivity contribution in [2.75, 3.05) is 33.3 Å². The number of hydrogen-bond acceptors (Lipinski definition) is 3. The molecule has 2 aliphatic heterocycles. The second kappa shape index (κ2) is 6.47. The summed E-state index contributed by atoms with van der Waals surface area (Å²) in [6.45, 7) is 3.90. The third-order valence-electron chi connectivity index (χ3n) is 5.17. The second-order valence-corrected chi connectivity index (χ2v) is 6.82. The average molecular weight is 323 g/mol. The number of likely N-dealkylation sites (tertiary alicyclic amines) is 1. The van der Waals surface area contributed by atoms with E-state index in [0.717, 1.165) is 39.0 Å². The lowest BCUT2D eigenvalue weighted by Gasteiger charge is -2.44. The van der Waals surface area contributed by atoms with E-state index in [1.54, 1.807) is 25.3 Å². The summed E-state index contributed by atoms with van der Waals surface area (Å²) in [7, 11) is 1.57. The molecule has 0 radical (unpaired) electrons. The normalized spacial score (nSPS) is 20.9. The Morgan fingerprint density at radius 3 is 2.55 bits per heavy atom. The van der Waals surface area contributed by atoms with Gasteiger partial charge in [0.1, 0.15) is 5.75 Å². The fraction of sp³-hybridized carbons (Fsp3) is 0.588. The maximum absolute atomic E-state index is 12.8. The molecule has 1 amide bonds. The highest BCUT2D eigenvalue weighted by Gasteiger charge is 2.37. The van der Waals surface area contributed by atoms with Crippen molar-refractivity contribution in [2.45, 2.75) is 25.7 Å². The molecule has 0 aromatic heterocycles. The zero-order valence-corrected chi connectivity index (χ0v) is 13.8. The SMILES string of the molecule is COc1cc(Cl)ccc1C(=O)N1CCC2(CCNCC2)CC1. The molecule has 3 rings (SSSR count). The van der Waals surface area contributed by atoms with Crippen molar-refractivity contribution in [3.05, 3.63) is 28.8 Å². The summed E-state index contributed by atoms with van der Waals surface area (Å²) >= 11 is 5.97. The lowest BCUT2D eigenvalue weighted by atomic mass is 9.71. The van der Waals surface area contributed by atoms with E-state index in [1.807, 2.05) is 4.90 Å². The van der Waals surface area contributed by atoms with Crippen molar-refractivity contribution < 1.29 is 9.53 Å². The summed E-state index contributed by atoms with van der Waals surface area (Å²) in [6, 6.07) is 5.21. The minimum Gasteiger partial charge on any atom is -0.496 e. The Kier molecular flexibility index (Phi) is 4.59. The number of nitrogens with one attached hydrogen (secondary N) is 1. The Hall–Kier alpha value is -1.26. The molecular weight excluding hydrogens is 300 g/mol. The van der Waals surface area contributed by atoms with E-state index in [-0.39, 0.29) is 5.91 Å². The van der Waals surface area contributed by atoms with Crippen molar-refractivity contribution in [1.82, 2.24) is 10.2 Å². The number of methoxy groups -OCH3 is 1. The van der Waals surface area contributed by atoms with Crippen molar-refractivity contribution in [3.63, 3.8) is 0 Å². The third kappa shape index (κ3) is 3.08. The first-order valence-corrected chi connectivity index (χ1v) is 8.35. The van der Waals surface area contributed by atoms with Gasteiger partial charge in [-0.25, -0.2) is 0 Å². The molecule has 0 atom stereocenters. The Morgan fingerprint density at radius 1 is 1.23 bits per heavy atom. The molecule has 5 heteroatoms. The quantitative estimate of drug-likeness (QED) is 0.910. The fourth-order valence-corrected chi connectivity index (χ4v) is 3.82. The van der Waals surface area contributed by atoms with Crippen LogP contribution in [-0.2, 0) is 0 Å². The topological polar surface area (TPSA) is 41.6 Å². The summed E-state index contributed by atoms with van der Waals surface area (Å²) in [4.78, 5) is 14.7. The van der Waals surface area contributed by atoms with Crippen LogP contribution in [0.1, 0.15) is 36.0 Å². The third-order valence-corrected chi connectivity index (χ3v) is 5.40. The molecule has 4 nitrogen and oxygen atoms in total. The summed E-state index contributed by atoms with van der Waals surface area (Å²) in [5.74, 6) is 0.608. The second-order valence-electron chi connectivity index (χ2n) is 6.39. The van der Waals surface area contributed by atoms with Crippen LogP contribution in [-0.4, -0.2) is 44.1 Å². The van der Waals surface area contributed by atoms with E-state index in [9.17, 15) is 4.79 Å². The van der Waals surface area contributed by atoms with E-state index >= 15 is 0 Å². The Bertz CT molecular complexity index is 546. The van der Waals surface area contributed by atoms with Gasteiger partial charge in [0.25, 0.3) is 5.91 Å². The minimum absolute atomic E-state index is 0.0531. The summed E-state index contributed by atoms with van der Waals surface area (Å²) in [6.07, 6.45) is 4.69. The van der Waals surface area contributed by atoms with Gasteiger partial charge in [-0.2, -0.15) is 0 Å². The van der Waals surface area contributed by atoms with Gasteiger partial charge in [0, 0.05) is 18.1 Å². The van der Waals surface area contributed by atoms with Gasteiger partial charge in [0.05, 0.1) is 12.7 Å². The monoisotopic (exact) mass is 322 g/mol. The molecule has 1 aromatic carbocycles. The maximum Gasteiger partial charge on any atom is 0.257 e. The minimum atomic E-state index is 0.0531. The largest absolute Gasteiger partial charge is 0.496 e. The van der Waals surface area contributed by atoms with Gasteiger partial charge < -0.3 is 15.0 Å². The molecule has 0 bridgehead atoms. The van der Waals surface area contributed by atoms with Crippen LogP contribution in [0.15, 0.2) is 18.2 Å². The molecule has 22 heavy (non-hydrogen) atoms. The smallest absolute Gasteiger partial charge is 0.257 e. The maximum atomic E-state index is 12.8. The van der Waals surface area contributed by atoms with E-state index in [0.29, 0.717) is 21.8 Å². The zero-order chi connectivity index (χ0) is 15.6. The first kappa shape index (κ1) is 15.6. The molecule has 2 saturated heterocycles. The van der Waals surface area contributed by atoms with Crippen LogP contribution in [0.4, 0.5) is 0 Å². The van der Waals surface area contributed by atoms with Crippen LogP contribution >= 0.6 is 11.6 Å². The Labute approximate surface area is 136 Å². The van der Waals surface area contributed by atoms with Gasteiger partial charge in [-0.05, 0) is 62.4 Å². The number of amides is 1. The van der Waals surface area contributed by atoms with Crippen LogP contribution in [0.25, 0.3) is 0 Å². The van der Waals surface area contributed by atoms with Crippen LogP contribution in [0.3, 0.4) is 0 Å². The summed E-state index contributed by atoms with van der Waals surface area (Å²) in [5, 5.41) is 4.01. The first-order valence-electron chi connectivity index (χ1n) is 7.97. The number of benzene rings is 1. The molecule has 0 saturated carbocycles. The van der Waals surface area contributed by atoms with Crippen molar-refractivity contribution in [1.29, 1.82) is 0 Å². The van der Waals surface area contributed by atoms with Gasteiger partial charge in [-0.3, -0.25) is 4.79 Å². The number of ether oxygens (including phenoxy) is 1. The summed E-state index contributed by atoms with van der Waals surface area (Å²) < 4.78 is 5.31. The predicted octanol–water partition coefficient (Wildman–Crippen LogP) is 2.95. The van der Waals surface area contributed by atoms with Gasteiger partial charge >= 0.3 is 0 Å². The lowest BCUT2D eigenvalue weighted by Crippen LogP contribution is -2.47. The van der Waals surface area contributed by atoms with Gasteiger partial charge in [-0.1, -0.05) is 11.6 Å². The van der Waals surface area contributed by atoms with Crippen molar-refractivity contribution >= 4 is 17.5 Å². The Balaban J connectivity index is 1.69. The highest BCUT2D eigenvalue weighted by Crippen LogP contribution is 2.40. The standard InChI is InChI=1S/C17H23ClN2O2/c1-22-15-12-13(18)2-3-14(15)16(21)20-10-6-17(7-11-20)4-8-19-9-5-17/h2-3,12,19H,4-11H2,1H3. The number of rotatable bonds is 2. The number of carbonyl (C=O) groups excluding carboxylic acids is 1. The van der Waals surface area contributed by atoms with Crippen molar-refractivity contribution in [3.8, 4) is 5.75 Å². The van der Waals surface area contributed by atoms with Gasteiger partial charge in [-0.15, -0.1) is 0 Å². The molecule has 1 spiro atoms. The van der Waals surface area contributed by atoms with Gasteiger partial charge in [0.15, 0.2) is 0 Å². The highest BCUT2D eigenvalue weighted by atomic mass is 35.5.